The van der Waals surface area contributed by atoms with Gasteiger partial charge in [0.1, 0.15) is 6.07 Å². The first-order valence-electron chi connectivity index (χ1n) is 12.4. The van der Waals surface area contributed by atoms with E-state index in [1.165, 1.54) is 51.4 Å². The van der Waals surface area contributed by atoms with Gasteiger partial charge in [0.05, 0.1) is 17.1 Å². The maximum atomic E-state index is 13.6. The first-order valence-corrected chi connectivity index (χ1v) is 12.4. The van der Waals surface area contributed by atoms with Gasteiger partial charge in [-0.3, -0.25) is 15.1 Å². The Balaban J connectivity index is 1.43. The van der Waals surface area contributed by atoms with Crippen molar-refractivity contribution < 1.29 is 0 Å². The number of piperidine rings is 1. The Morgan fingerprint density at radius 2 is 1.72 bits per heavy atom. The van der Waals surface area contributed by atoms with Gasteiger partial charge in [0.15, 0.2) is 11.4 Å². The van der Waals surface area contributed by atoms with Crippen LogP contribution in [0, 0.1) is 28.6 Å². The Labute approximate surface area is 188 Å². The molecule has 2 saturated carbocycles. The summed E-state index contributed by atoms with van der Waals surface area (Å²) in [5.41, 5.74) is 0.916. The number of nitrogens with zero attached hydrogens (tertiary/aromatic N) is 4. The summed E-state index contributed by atoms with van der Waals surface area (Å²) in [6.45, 7) is 0. The number of hydrogen-bond acceptors (Lipinski definition) is 5. The van der Waals surface area contributed by atoms with Crippen molar-refractivity contribution in [2.75, 3.05) is 0 Å². The summed E-state index contributed by atoms with van der Waals surface area (Å²) < 4.78 is 1.91. The molecule has 1 aromatic carbocycles. The molecule has 2 saturated heterocycles. The predicted octanol–water partition coefficient (Wildman–Crippen LogP) is 4.42. The monoisotopic (exact) mass is 429 g/mol. The van der Waals surface area contributed by atoms with Crippen LogP contribution in [0.5, 0.6) is 0 Å². The highest BCUT2D eigenvalue weighted by atomic mass is 16.1. The molecule has 0 spiro atoms. The van der Waals surface area contributed by atoms with Crippen molar-refractivity contribution in [3.8, 4) is 6.07 Å². The summed E-state index contributed by atoms with van der Waals surface area (Å²) in [6.07, 6.45) is 12.8. The second-order valence-electron chi connectivity index (χ2n) is 10.5. The summed E-state index contributed by atoms with van der Waals surface area (Å²) in [4.78, 5) is 20.8. The van der Waals surface area contributed by atoms with Crippen LogP contribution in [0.15, 0.2) is 29.1 Å². The van der Waals surface area contributed by atoms with E-state index < -0.39 is 0 Å². The molecule has 0 radical (unpaired) electrons. The van der Waals surface area contributed by atoms with Crippen LogP contribution in [0.2, 0.25) is 0 Å². The lowest BCUT2D eigenvalue weighted by molar-refractivity contribution is 0.0158. The van der Waals surface area contributed by atoms with Gasteiger partial charge in [-0.05, 0) is 62.5 Å². The minimum absolute atomic E-state index is 0.00797. The minimum atomic E-state index is -0.340. The zero-order valence-electron chi connectivity index (χ0n) is 18.5. The van der Waals surface area contributed by atoms with Crippen molar-refractivity contribution in [2.24, 2.45) is 11.8 Å². The number of hydrogen-bond donors (Lipinski definition) is 1. The molecule has 4 fully saturated rings. The Hall–Kier alpha value is -2.52. The van der Waals surface area contributed by atoms with Gasteiger partial charge in [-0.2, -0.15) is 5.26 Å². The van der Waals surface area contributed by atoms with E-state index in [0.717, 1.165) is 30.2 Å². The number of benzene rings is 1. The van der Waals surface area contributed by atoms with Crippen LogP contribution in [0.25, 0.3) is 11.0 Å². The molecule has 6 heteroatoms. The van der Waals surface area contributed by atoms with Gasteiger partial charge in [-0.25, -0.2) is 4.98 Å². The molecule has 166 valence electrons. The first kappa shape index (κ1) is 20.1. The summed E-state index contributed by atoms with van der Waals surface area (Å²) in [7, 11) is 0. The van der Waals surface area contributed by atoms with E-state index in [1.54, 1.807) is 0 Å². The summed E-state index contributed by atoms with van der Waals surface area (Å²) >= 11 is 0. The summed E-state index contributed by atoms with van der Waals surface area (Å²) in [6, 6.07) is 11.2. The topological polar surface area (TPSA) is 85.8 Å². The van der Waals surface area contributed by atoms with Crippen LogP contribution in [0.1, 0.15) is 75.9 Å². The number of para-hydroxylation sites is 2. The molecule has 0 amide bonds. The second-order valence-corrected chi connectivity index (χ2v) is 10.5. The fourth-order valence-corrected chi connectivity index (χ4v) is 7.68. The molecule has 6 nitrogen and oxygen atoms in total. The highest BCUT2D eigenvalue weighted by molar-refractivity contribution is 6.08. The van der Waals surface area contributed by atoms with E-state index in [1.807, 2.05) is 34.9 Å². The Morgan fingerprint density at radius 3 is 2.50 bits per heavy atom. The maximum Gasteiger partial charge on any atom is 0.280 e. The van der Waals surface area contributed by atoms with Gasteiger partial charge in [-0.15, -0.1) is 0 Å². The molecule has 2 unspecified atom stereocenters. The van der Waals surface area contributed by atoms with E-state index in [4.69, 9.17) is 5.41 Å². The van der Waals surface area contributed by atoms with Gasteiger partial charge in [0, 0.05) is 18.1 Å². The van der Waals surface area contributed by atoms with E-state index >= 15 is 0 Å². The fourth-order valence-electron chi connectivity index (χ4n) is 7.68. The Bertz CT molecular complexity index is 1150. The molecular weight excluding hydrogens is 398 g/mol. The number of fused-ring (bicyclic) bond motifs is 5. The average molecular weight is 430 g/mol. The molecule has 2 aliphatic heterocycles. The quantitative estimate of drug-likeness (QED) is 0.732. The third-order valence-electron chi connectivity index (χ3n) is 8.80. The van der Waals surface area contributed by atoms with Crippen molar-refractivity contribution in [2.45, 2.75) is 88.4 Å². The molecule has 5 atom stereocenters. The smallest absolute Gasteiger partial charge is 0.280 e. The van der Waals surface area contributed by atoms with Gasteiger partial charge < -0.3 is 4.57 Å². The lowest BCUT2D eigenvalue weighted by atomic mass is 9.69. The molecule has 4 aliphatic rings. The molecule has 4 bridgehead atoms. The Kier molecular flexibility index (Phi) is 4.91. The number of rotatable bonds is 3. The maximum absolute atomic E-state index is 13.6. The van der Waals surface area contributed by atoms with E-state index in [-0.39, 0.29) is 23.0 Å². The molecule has 1 aromatic heterocycles. The Morgan fingerprint density at radius 1 is 0.969 bits per heavy atom. The number of nitriles is 1. The fraction of sp³-hybridized carbons (Fsp3) is 0.615. The van der Waals surface area contributed by atoms with Crippen molar-refractivity contribution in [3.05, 3.63) is 40.3 Å². The molecule has 2 aromatic rings. The van der Waals surface area contributed by atoms with E-state index in [0.29, 0.717) is 23.6 Å². The lowest BCUT2D eigenvalue weighted by Crippen LogP contribution is -2.51. The average Bonchev–Trinajstić information content (AvgIpc) is 3.02. The van der Waals surface area contributed by atoms with Crippen LogP contribution in [-0.2, 0) is 0 Å². The molecule has 6 rings (SSSR count). The van der Waals surface area contributed by atoms with Crippen LogP contribution >= 0.6 is 0 Å². The van der Waals surface area contributed by atoms with E-state index in [9.17, 15) is 10.1 Å². The molecule has 2 aliphatic carbocycles. The van der Waals surface area contributed by atoms with Crippen molar-refractivity contribution in [3.63, 3.8) is 0 Å². The van der Waals surface area contributed by atoms with Crippen LogP contribution in [0.3, 0.4) is 0 Å². The van der Waals surface area contributed by atoms with E-state index in [2.05, 4.69) is 9.88 Å². The molecule has 3 heterocycles. The lowest BCUT2D eigenvalue weighted by Gasteiger charge is -2.48. The summed E-state index contributed by atoms with van der Waals surface area (Å²) in [5.74, 6) is 1.78. The highest BCUT2D eigenvalue weighted by Crippen LogP contribution is 2.49. The van der Waals surface area contributed by atoms with Gasteiger partial charge in [0.25, 0.3) is 5.56 Å². The van der Waals surface area contributed by atoms with Crippen LogP contribution in [0.4, 0.5) is 0 Å². The molecular formula is C26H31N5O. The van der Waals surface area contributed by atoms with Gasteiger partial charge in [0.2, 0.25) is 0 Å². The zero-order chi connectivity index (χ0) is 21.8. The standard InChI is InChI=1S/C26H31N5O/c27-15-20(28)25-26(32)31(22-9-2-1-8-21(22)29-25)24-14-18-7-4-10-23(24)30(18)19-12-16-5-3-6-17(11-16)13-19/h1-2,8-9,16-19,23-24,28H,3-7,10-14H2/t16?,17?,18-,19?,23+,24+/m0/s1. The van der Waals surface area contributed by atoms with Gasteiger partial charge >= 0.3 is 0 Å². The first-order chi connectivity index (χ1) is 15.6. The van der Waals surface area contributed by atoms with Crippen molar-refractivity contribution >= 4 is 16.7 Å². The predicted molar refractivity (Wildman–Crippen MR) is 124 cm³/mol. The molecule has 32 heavy (non-hydrogen) atoms. The van der Waals surface area contributed by atoms with Crippen LogP contribution in [-0.4, -0.2) is 38.3 Å². The highest BCUT2D eigenvalue weighted by Gasteiger charge is 2.49. The third-order valence-corrected chi connectivity index (χ3v) is 8.80. The largest absolute Gasteiger partial charge is 0.300 e. The SMILES string of the molecule is N#CC(=N)c1nc2ccccc2n([C@@H]2C[C@@H]3CCC[C@H]2N3C2CC3CCCC(C3)C2)c1=O. The number of aromatic nitrogens is 2. The normalized spacial score (nSPS) is 34.3. The third kappa shape index (κ3) is 3.13. The second kappa shape index (κ2) is 7.81. The molecule has 1 N–H and O–H groups in total. The van der Waals surface area contributed by atoms with Gasteiger partial charge in [-0.1, -0.05) is 37.8 Å². The van der Waals surface area contributed by atoms with Crippen molar-refractivity contribution in [1.29, 1.82) is 10.7 Å². The van der Waals surface area contributed by atoms with Crippen LogP contribution < -0.4 is 5.56 Å². The number of nitrogens with one attached hydrogen (secondary N) is 1. The zero-order valence-corrected chi connectivity index (χ0v) is 18.5. The summed E-state index contributed by atoms with van der Waals surface area (Å²) in [5, 5.41) is 17.3. The minimum Gasteiger partial charge on any atom is -0.300 e. The van der Waals surface area contributed by atoms with Crippen molar-refractivity contribution in [1.82, 2.24) is 14.5 Å².